The quantitative estimate of drug-likeness (QED) is 0.534. The lowest BCUT2D eigenvalue weighted by atomic mass is 10.2. The third-order valence-corrected chi connectivity index (χ3v) is 3.77. The van der Waals surface area contributed by atoms with Gasteiger partial charge >= 0.3 is 0 Å². The highest BCUT2D eigenvalue weighted by Gasteiger charge is 2.02. The SMILES string of the molecule is CCCCOc1ccc(C=CC(=O)Nc2cc(Cl)ccc2C)cc1. The van der Waals surface area contributed by atoms with Crippen molar-refractivity contribution >= 4 is 29.3 Å². The first kappa shape index (κ1) is 18.1. The van der Waals surface area contributed by atoms with Crippen LogP contribution < -0.4 is 10.1 Å². The second-order valence-electron chi connectivity index (χ2n) is 5.55. The van der Waals surface area contributed by atoms with E-state index in [1.165, 1.54) is 6.08 Å². The highest BCUT2D eigenvalue weighted by atomic mass is 35.5. The fraction of sp³-hybridized carbons (Fsp3) is 0.250. The van der Waals surface area contributed by atoms with Crippen LogP contribution in [0.4, 0.5) is 5.69 Å². The molecule has 0 aromatic heterocycles. The zero-order chi connectivity index (χ0) is 17.4. The molecule has 0 saturated carbocycles. The second-order valence-corrected chi connectivity index (χ2v) is 5.99. The summed E-state index contributed by atoms with van der Waals surface area (Å²) in [6.07, 6.45) is 5.44. The van der Waals surface area contributed by atoms with Crippen molar-refractivity contribution in [1.29, 1.82) is 0 Å². The van der Waals surface area contributed by atoms with Crippen molar-refractivity contribution in [2.45, 2.75) is 26.7 Å². The van der Waals surface area contributed by atoms with E-state index in [0.717, 1.165) is 42.0 Å². The molecule has 2 aromatic rings. The summed E-state index contributed by atoms with van der Waals surface area (Å²) in [5.41, 5.74) is 2.63. The summed E-state index contributed by atoms with van der Waals surface area (Å²) in [4.78, 5) is 12.0. The molecule has 0 spiro atoms. The molecule has 0 saturated heterocycles. The summed E-state index contributed by atoms with van der Waals surface area (Å²) >= 11 is 5.95. The smallest absolute Gasteiger partial charge is 0.248 e. The largest absolute Gasteiger partial charge is 0.494 e. The maximum Gasteiger partial charge on any atom is 0.248 e. The monoisotopic (exact) mass is 343 g/mol. The predicted molar refractivity (Wildman–Crippen MR) is 101 cm³/mol. The number of ether oxygens (including phenoxy) is 1. The van der Waals surface area contributed by atoms with Crippen LogP contribution in [0, 0.1) is 6.92 Å². The normalized spacial score (nSPS) is 10.8. The van der Waals surface area contributed by atoms with Gasteiger partial charge in [0.2, 0.25) is 5.91 Å². The molecule has 1 amide bonds. The number of halogens is 1. The number of carbonyl (C=O) groups is 1. The molecule has 2 aromatic carbocycles. The van der Waals surface area contributed by atoms with E-state index in [1.54, 1.807) is 18.2 Å². The number of rotatable bonds is 7. The van der Waals surface area contributed by atoms with Crippen LogP contribution in [0.2, 0.25) is 5.02 Å². The third kappa shape index (κ3) is 5.74. The van der Waals surface area contributed by atoms with Crippen LogP contribution in [0.5, 0.6) is 5.75 Å². The van der Waals surface area contributed by atoms with Crippen molar-refractivity contribution in [2.75, 3.05) is 11.9 Å². The van der Waals surface area contributed by atoms with E-state index in [2.05, 4.69) is 12.2 Å². The van der Waals surface area contributed by atoms with Gasteiger partial charge in [-0.25, -0.2) is 0 Å². The maximum absolute atomic E-state index is 12.0. The van der Waals surface area contributed by atoms with Crippen LogP contribution in [-0.4, -0.2) is 12.5 Å². The maximum atomic E-state index is 12.0. The van der Waals surface area contributed by atoms with Gasteiger partial charge in [0.1, 0.15) is 5.75 Å². The van der Waals surface area contributed by atoms with Crippen LogP contribution in [0.15, 0.2) is 48.5 Å². The van der Waals surface area contributed by atoms with Gasteiger partial charge in [-0.2, -0.15) is 0 Å². The lowest BCUT2D eigenvalue weighted by Gasteiger charge is -2.07. The summed E-state index contributed by atoms with van der Waals surface area (Å²) in [7, 11) is 0. The first-order valence-electron chi connectivity index (χ1n) is 8.06. The lowest BCUT2D eigenvalue weighted by molar-refractivity contribution is -0.111. The summed E-state index contributed by atoms with van der Waals surface area (Å²) in [5.74, 6) is 0.656. The van der Waals surface area contributed by atoms with Crippen molar-refractivity contribution in [3.05, 3.63) is 64.7 Å². The molecule has 0 heterocycles. The van der Waals surface area contributed by atoms with Crippen molar-refractivity contribution < 1.29 is 9.53 Å². The fourth-order valence-corrected chi connectivity index (χ4v) is 2.26. The number of aryl methyl sites for hydroxylation is 1. The van der Waals surface area contributed by atoms with Gasteiger partial charge in [0.05, 0.1) is 6.61 Å². The number of hydrogen-bond acceptors (Lipinski definition) is 2. The van der Waals surface area contributed by atoms with Crippen LogP contribution in [-0.2, 0) is 4.79 Å². The second kappa shape index (κ2) is 9.14. The summed E-state index contributed by atoms with van der Waals surface area (Å²) in [5, 5.41) is 3.43. The molecule has 0 radical (unpaired) electrons. The summed E-state index contributed by atoms with van der Waals surface area (Å²) < 4.78 is 5.61. The topological polar surface area (TPSA) is 38.3 Å². The Morgan fingerprint density at radius 3 is 2.67 bits per heavy atom. The molecule has 4 heteroatoms. The van der Waals surface area contributed by atoms with Crippen LogP contribution >= 0.6 is 11.6 Å². The number of unbranched alkanes of at least 4 members (excludes halogenated alkanes) is 1. The standard InChI is InChI=1S/C20H22ClNO2/c1-3-4-13-24-18-10-6-16(7-11-18)8-12-20(23)22-19-14-17(21)9-5-15(19)2/h5-12,14H,3-4,13H2,1-2H3,(H,22,23). The van der Waals surface area contributed by atoms with Crippen LogP contribution in [0.1, 0.15) is 30.9 Å². The zero-order valence-electron chi connectivity index (χ0n) is 14.0. The van der Waals surface area contributed by atoms with E-state index >= 15 is 0 Å². The minimum absolute atomic E-state index is 0.191. The van der Waals surface area contributed by atoms with Crippen LogP contribution in [0.3, 0.4) is 0 Å². The zero-order valence-corrected chi connectivity index (χ0v) is 14.8. The predicted octanol–water partition coefficient (Wildman–Crippen LogP) is 5.48. The average Bonchev–Trinajstić information content (AvgIpc) is 2.58. The van der Waals surface area contributed by atoms with Gasteiger partial charge in [0.15, 0.2) is 0 Å². The number of carbonyl (C=O) groups excluding carboxylic acids is 1. The van der Waals surface area contributed by atoms with E-state index in [0.29, 0.717) is 5.02 Å². The van der Waals surface area contributed by atoms with Gasteiger partial charge in [-0.1, -0.05) is 43.1 Å². The highest BCUT2D eigenvalue weighted by Crippen LogP contribution is 2.20. The van der Waals surface area contributed by atoms with Crippen molar-refractivity contribution in [2.24, 2.45) is 0 Å². The van der Waals surface area contributed by atoms with Crippen LogP contribution in [0.25, 0.3) is 6.08 Å². The molecule has 126 valence electrons. The van der Waals surface area contributed by atoms with E-state index in [-0.39, 0.29) is 5.91 Å². The van der Waals surface area contributed by atoms with Crippen molar-refractivity contribution in [3.8, 4) is 5.75 Å². The molecule has 0 aliphatic carbocycles. The Labute approximate surface area is 148 Å². The Bertz CT molecular complexity index is 708. The van der Waals surface area contributed by atoms with Gasteiger partial charge in [0, 0.05) is 16.8 Å². The van der Waals surface area contributed by atoms with Gasteiger partial charge in [-0.05, 0) is 54.8 Å². The molecule has 0 fully saturated rings. The minimum atomic E-state index is -0.191. The molecule has 2 rings (SSSR count). The highest BCUT2D eigenvalue weighted by molar-refractivity contribution is 6.31. The molecular weight excluding hydrogens is 322 g/mol. The van der Waals surface area contributed by atoms with E-state index in [9.17, 15) is 4.79 Å². The Morgan fingerprint density at radius 2 is 1.96 bits per heavy atom. The summed E-state index contributed by atoms with van der Waals surface area (Å²) in [6.45, 7) is 4.78. The van der Waals surface area contributed by atoms with Crippen molar-refractivity contribution in [1.82, 2.24) is 0 Å². The van der Waals surface area contributed by atoms with Gasteiger partial charge in [-0.3, -0.25) is 4.79 Å². The van der Waals surface area contributed by atoms with Gasteiger partial charge in [-0.15, -0.1) is 0 Å². The third-order valence-electron chi connectivity index (χ3n) is 3.53. The minimum Gasteiger partial charge on any atom is -0.494 e. The molecule has 24 heavy (non-hydrogen) atoms. The van der Waals surface area contributed by atoms with E-state index < -0.39 is 0 Å². The number of nitrogens with one attached hydrogen (secondary N) is 1. The lowest BCUT2D eigenvalue weighted by Crippen LogP contribution is -2.08. The molecule has 0 aliphatic rings. The molecule has 0 atom stereocenters. The first-order chi connectivity index (χ1) is 11.6. The Morgan fingerprint density at radius 1 is 1.21 bits per heavy atom. The number of amides is 1. The molecule has 1 N–H and O–H groups in total. The van der Waals surface area contributed by atoms with Gasteiger partial charge < -0.3 is 10.1 Å². The average molecular weight is 344 g/mol. The van der Waals surface area contributed by atoms with E-state index in [4.69, 9.17) is 16.3 Å². The number of benzene rings is 2. The number of anilines is 1. The molecular formula is C20H22ClNO2. The Balaban J connectivity index is 1.92. The Kier molecular flexibility index (Phi) is 6.89. The number of hydrogen-bond donors (Lipinski definition) is 1. The molecule has 3 nitrogen and oxygen atoms in total. The molecule has 0 bridgehead atoms. The first-order valence-corrected chi connectivity index (χ1v) is 8.44. The van der Waals surface area contributed by atoms with E-state index in [1.807, 2.05) is 37.3 Å². The fourth-order valence-electron chi connectivity index (χ4n) is 2.08. The molecule has 0 aliphatic heterocycles. The Hall–Kier alpha value is -2.26. The molecule has 0 unspecified atom stereocenters. The van der Waals surface area contributed by atoms with Crippen molar-refractivity contribution in [3.63, 3.8) is 0 Å². The summed E-state index contributed by atoms with van der Waals surface area (Å²) in [6, 6.07) is 13.1. The van der Waals surface area contributed by atoms with Gasteiger partial charge in [0.25, 0.3) is 0 Å².